The maximum absolute atomic E-state index is 5.41. The van der Waals surface area contributed by atoms with E-state index in [1.807, 2.05) is 0 Å². The number of methoxy groups -OCH3 is 1. The molecule has 0 bridgehead atoms. The molecule has 0 saturated heterocycles. The fourth-order valence-electron chi connectivity index (χ4n) is 1.15. The minimum atomic E-state index is 0.688. The van der Waals surface area contributed by atoms with Gasteiger partial charge in [-0.3, -0.25) is 0 Å². The fraction of sp³-hybridized carbons (Fsp3) is 1.00. The molecule has 0 fully saturated rings. The van der Waals surface area contributed by atoms with Gasteiger partial charge in [-0.25, -0.2) is 0 Å². The summed E-state index contributed by atoms with van der Waals surface area (Å²) in [6.45, 7) is 7.64. The summed E-state index contributed by atoms with van der Waals surface area (Å²) in [6, 6.07) is 0. The first-order valence-electron chi connectivity index (χ1n) is 5.20. The van der Waals surface area contributed by atoms with E-state index in [-0.39, 0.29) is 0 Å². The number of rotatable bonds is 10. The van der Waals surface area contributed by atoms with Gasteiger partial charge in [-0.1, -0.05) is 22.9 Å². The lowest BCUT2D eigenvalue weighted by atomic mass is 10.4. The summed E-state index contributed by atoms with van der Waals surface area (Å²) in [6.07, 6.45) is 1.20. The second-order valence-corrected chi connectivity index (χ2v) is 3.87. The monoisotopic (exact) mass is 267 g/mol. The molecule has 0 unspecified atom stereocenters. The molecule has 0 aliphatic heterocycles. The molecule has 0 N–H and O–H groups in total. The van der Waals surface area contributed by atoms with Crippen molar-refractivity contribution in [3.05, 3.63) is 0 Å². The largest absolute Gasteiger partial charge is 0.382 e. The standard InChI is InChI=1S/C10H22BrNO2/c1-3-12(6-4-5-11)7-8-14-10-9-13-2/h3-10H2,1-2H3. The Labute approximate surface area is 95.9 Å². The van der Waals surface area contributed by atoms with Gasteiger partial charge in [0.2, 0.25) is 0 Å². The Kier molecular flexibility index (Phi) is 11.7. The summed E-state index contributed by atoms with van der Waals surface area (Å²) < 4.78 is 10.3. The first-order chi connectivity index (χ1) is 6.85. The SMILES string of the molecule is CCN(CCCBr)CCOCCOC. The van der Waals surface area contributed by atoms with Gasteiger partial charge < -0.3 is 14.4 Å². The maximum Gasteiger partial charge on any atom is 0.0700 e. The number of halogens is 1. The fourth-order valence-corrected chi connectivity index (χ4v) is 1.40. The smallest absolute Gasteiger partial charge is 0.0700 e. The maximum atomic E-state index is 5.41. The molecular formula is C10H22BrNO2. The number of hydrogen-bond donors (Lipinski definition) is 0. The highest BCUT2D eigenvalue weighted by molar-refractivity contribution is 9.09. The van der Waals surface area contributed by atoms with E-state index in [0.29, 0.717) is 13.2 Å². The number of nitrogens with zero attached hydrogens (tertiary/aromatic N) is 1. The van der Waals surface area contributed by atoms with Gasteiger partial charge in [0.25, 0.3) is 0 Å². The van der Waals surface area contributed by atoms with Gasteiger partial charge in [0.15, 0.2) is 0 Å². The Morgan fingerprint density at radius 2 is 1.93 bits per heavy atom. The number of hydrogen-bond acceptors (Lipinski definition) is 3. The molecule has 0 saturated carbocycles. The van der Waals surface area contributed by atoms with Gasteiger partial charge in [-0.15, -0.1) is 0 Å². The van der Waals surface area contributed by atoms with Crippen molar-refractivity contribution in [2.24, 2.45) is 0 Å². The van der Waals surface area contributed by atoms with Gasteiger partial charge in [0.05, 0.1) is 19.8 Å². The quantitative estimate of drug-likeness (QED) is 0.445. The molecular weight excluding hydrogens is 246 g/mol. The topological polar surface area (TPSA) is 21.7 Å². The molecule has 0 amide bonds. The van der Waals surface area contributed by atoms with Gasteiger partial charge in [-0.05, 0) is 19.5 Å². The molecule has 0 aliphatic rings. The Morgan fingerprint density at radius 1 is 1.14 bits per heavy atom. The molecule has 0 atom stereocenters. The minimum Gasteiger partial charge on any atom is -0.382 e. The lowest BCUT2D eigenvalue weighted by molar-refractivity contribution is 0.0579. The zero-order valence-electron chi connectivity index (χ0n) is 9.30. The average Bonchev–Trinajstić information content (AvgIpc) is 2.22. The summed E-state index contributed by atoms with van der Waals surface area (Å²) in [5, 5.41) is 1.08. The van der Waals surface area contributed by atoms with E-state index in [1.54, 1.807) is 7.11 Å². The van der Waals surface area contributed by atoms with Crippen LogP contribution in [0.25, 0.3) is 0 Å². The van der Waals surface area contributed by atoms with Crippen molar-refractivity contribution in [3.63, 3.8) is 0 Å². The van der Waals surface area contributed by atoms with Crippen LogP contribution in [-0.2, 0) is 9.47 Å². The molecule has 0 heterocycles. The van der Waals surface area contributed by atoms with Crippen molar-refractivity contribution in [3.8, 4) is 0 Å². The van der Waals surface area contributed by atoms with Gasteiger partial charge in [0, 0.05) is 19.0 Å². The molecule has 0 aromatic rings. The molecule has 0 radical (unpaired) electrons. The summed E-state index contributed by atoms with van der Waals surface area (Å²) in [7, 11) is 1.69. The van der Waals surface area contributed by atoms with Crippen LogP contribution in [0.5, 0.6) is 0 Å². The van der Waals surface area contributed by atoms with E-state index >= 15 is 0 Å². The van der Waals surface area contributed by atoms with Crippen LogP contribution in [0.1, 0.15) is 13.3 Å². The number of likely N-dealkylation sites (N-methyl/N-ethyl adjacent to an activating group) is 1. The molecule has 86 valence electrons. The molecule has 0 aromatic heterocycles. The van der Waals surface area contributed by atoms with Crippen molar-refractivity contribution in [1.29, 1.82) is 0 Å². The van der Waals surface area contributed by atoms with Crippen LogP contribution in [0.2, 0.25) is 0 Å². The highest BCUT2D eigenvalue weighted by Gasteiger charge is 2.00. The van der Waals surface area contributed by atoms with E-state index in [4.69, 9.17) is 9.47 Å². The van der Waals surface area contributed by atoms with Crippen LogP contribution < -0.4 is 0 Å². The molecule has 14 heavy (non-hydrogen) atoms. The summed E-state index contributed by atoms with van der Waals surface area (Å²) in [5.41, 5.74) is 0. The molecule has 4 heteroatoms. The van der Waals surface area contributed by atoms with Gasteiger partial charge in [-0.2, -0.15) is 0 Å². The number of alkyl halides is 1. The van der Waals surface area contributed by atoms with E-state index in [2.05, 4.69) is 27.8 Å². The predicted octanol–water partition coefficient (Wildman–Crippen LogP) is 1.76. The highest BCUT2D eigenvalue weighted by Crippen LogP contribution is 1.94. The third-order valence-electron chi connectivity index (χ3n) is 2.04. The average molecular weight is 268 g/mol. The molecule has 0 aromatic carbocycles. The Hall–Kier alpha value is 0.360. The van der Waals surface area contributed by atoms with E-state index in [1.165, 1.54) is 6.42 Å². The Balaban J connectivity index is 3.24. The second kappa shape index (κ2) is 11.4. The third kappa shape index (κ3) is 8.94. The van der Waals surface area contributed by atoms with Crippen LogP contribution in [-0.4, -0.2) is 56.8 Å². The van der Waals surface area contributed by atoms with Crippen molar-refractivity contribution < 1.29 is 9.47 Å². The van der Waals surface area contributed by atoms with E-state index < -0.39 is 0 Å². The van der Waals surface area contributed by atoms with Crippen LogP contribution in [0, 0.1) is 0 Å². The summed E-state index contributed by atoms with van der Waals surface area (Å²) in [5.74, 6) is 0. The third-order valence-corrected chi connectivity index (χ3v) is 2.60. The van der Waals surface area contributed by atoms with Crippen LogP contribution in [0.4, 0.5) is 0 Å². The normalized spacial score (nSPS) is 11.1. The van der Waals surface area contributed by atoms with Crippen LogP contribution in [0.3, 0.4) is 0 Å². The summed E-state index contributed by atoms with van der Waals surface area (Å²) >= 11 is 3.43. The van der Waals surface area contributed by atoms with Crippen LogP contribution >= 0.6 is 15.9 Å². The zero-order chi connectivity index (χ0) is 10.6. The molecule has 3 nitrogen and oxygen atoms in total. The van der Waals surface area contributed by atoms with Gasteiger partial charge in [0.1, 0.15) is 0 Å². The lowest BCUT2D eigenvalue weighted by Gasteiger charge is -2.19. The van der Waals surface area contributed by atoms with Crippen molar-refractivity contribution in [2.75, 3.05) is 51.9 Å². The second-order valence-electron chi connectivity index (χ2n) is 3.08. The molecule has 0 aliphatic carbocycles. The lowest BCUT2D eigenvalue weighted by Crippen LogP contribution is -2.29. The Morgan fingerprint density at radius 3 is 2.50 bits per heavy atom. The van der Waals surface area contributed by atoms with E-state index in [0.717, 1.165) is 31.6 Å². The van der Waals surface area contributed by atoms with Gasteiger partial charge >= 0.3 is 0 Å². The first kappa shape index (κ1) is 14.4. The number of ether oxygens (including phenoxy) is 2. The van der Waals surface area contributed by atoms with Crippen molar-refractivity contribution in [1.82, 2.24) is 4.90 Å². The van der Waals surface area contributed by atoms with Crippen LogP contribution in [0.15, 0.2) is 0 Å². The minimum absolute atomic E-state index is 0.688. The summed E-state index contributed by atoms with van der Waals surface area (Å²) in [4.78, 5) is 2.40. The highest BCUT2D eigenvalue weighted by atomic mass is 79.9. The first-order valence-corrected chi connectivity index (χ1v) is 6.32. The molecule has 0 spiro atoms. The van der Waals surface area contributed by atoms with Crippen molar-refractivity contribution in [2.45, 2.75) is 13.3 Å². The van der Waals surface area contributed by atoms with Crippen molar-refractivity contribution >= 4 is 15.9 Å². The molecule has 0 rings (SSSR count). The zero-order valence-corrected chi connectivity index (χ0v) is 10.9. The Bertz CT molecular complexity index is 114. The predicted molar refractivity (Wildman–Crippen MR) is 63.2 cm³/mol. The van der Waals surface area contributed by atoms with E-state index in [9.17, 15) is 0 Å².